The normalized spacial score (nSPS) is 11.8. The van der Waals surface area contributed by atoms with Crippen LogP contribution >= 0.6 is 27.5 Å². The van der Waals surface area contributed by atoms with Gasteiger partial charge >= 0.3 is 0 Å². The van der Waals surface area contributed by atoms with Crippen LogP contribution < -0.4 is 10.1 Å². The zero-order valence-corrected chi connectivity index (χ0v) is 20.1. The van der Waals surface area contributed by atoms with Crippen LogP contribution in [-0.4, -0.2) is 35.9 Å². The van der Waals surface area contributed by atoms with Crippen molar-refractivity contribution in [3.63, 3.8) is 0 Å². The second-order valence-corrected chi connectivity index (χ2v) is 8.99. The van der Waals surface area contributed by atoms with Gasteiger partial charge in [0, 0.05) is 22.6 Å². The lowest BCUT2D eigenvalue weighted by molar-refractivity contribution is -0.142. The molecule has 0 heterocycles. The van der Waals surface area contributed by atoms with E-state index in [1.54, 1.807) is 30.0 Å². The summed E-state index contributed by atoms with van der Waals surface area (Å²) in [6, 6.07) is 12.3. The first kappa shape index (κ1) is 24.2. The Labute approximate surface area is 191 Å². The third kappa shape index (κ3) is 7.33. The zero-order chi connectivity index (χ0) is 22.3. The smallest absolute Gasteiger partial charge is 0.261 e. The molecule has 0 aliphatic heterocycles. The molecule has 30 heavy (non-hydrogen) atoms. The van der Waals surface area contributed by atoms with Crippen LogP contribution in [0.25, 0.3) is 0 Å². The Balaban J connectivity index is 2.13. The highest BCUT2D eigenvalue weighted by Gasteiger charge is 2.26. The van der Waals surface area contributed by atoms with Crippen LogP contribution in [0.5, 0.6) is 5.75 Å². The molecule has 2 rings (SSSR count). The average Bonchev–Trinajstić information content (AvgIpc) is 2.71. The monoisotopic (exact) mass is 494 g/mol. The summed E-state index contributed by atoms with van der Waals surface area (Å²) in [5.74, 6) is 0.438. The van der Waals surface area contributed by atoms with Gasteiger partial charge in [-0.15, -0.1) is 0 Å². The molecule has 1 N–H and O–H groups in total. The highest BCUT2D eigenvalue weighted by Crippen LogP contribution is 2.21. The summed E-state index contributed by atoms with van der Waals surface area (Å²) in [6.07, 6.45) is 0. The summed E-state index contributed by atoms with van der Waals surface area (Å²) in [5.41, 5.74) is 1.80. The number of benzene rings is 2. The lowest BCUT2D eigenvalue weighted by Crippen LogP contribution is -2.49. The standard InChI is InChI=1S/C23H28BrClN2O3/c1-15(2)12-26-23(29)17(4)27(13-18-5-7-19(24)8-6-18)22(28)14-30-20-9-10-21(25)16(3)11-20/h5-11,15,17H,12-14H2,1-4H3,(H,26,29). The lowest BCUT2D eigenvalue weighted by Gasteiger charge is -2.29. The van der Waals surface area contributed by atoms with Gasteiger partial charge in [0.1, 0.15) is 11.8 Å². The van der Waals surface area contributed by atoms with Gasteiger partial charge < -0.3 is 15.0 Å². The van der Waals surface area contributed by atoms with Gasteiger partial charge in [0.05, 0.1) is 0 Å². The molecule has 5 nitrogen and oxygen atoms in total. The van der Waals surface area contributed by atoms with Crippen LogP contribution in [0, 0.1) is 12.8 Å². The minimum atomic E-state index is -0.629. The molecule has 0 aromatic heterocycles. The molecule has 2 aromatic carbocycles. The fourth-order valence-corrected chi connectivity index (χ4v) is 3.14. The van der Waals surface area contributed by atoms with Gasteiger partial charge in [0.25, 0.3) is 5.91 Å². The van der Waals surface area contributed by atoms with Crippen molar-refractivity contribution in [3.8, 4) is 5.75 Å². The number of carbonyl (C=O) groups is 2. The van der Waals surface area contributed by atoms with E-state index in [1.165, 1.54) is 0 Å². The van der Waals surface area contributed by atoms with E-state index in [1.807, 2.05) is 45.0 Å². The molecule has 0 bridgehead atoms. The third-order valence-corrected chi connectivity index (χ3v) is 5.56. The molecule has 0 radical (unpaired) electrons. The van der Waals surface area contributed by atoms with E-state index in [0.717, 1.165) is 15.6 Å². The third-order valence-electron chi connectivity index (χ3n) is 4.61. The van der Waals surface area contributed by atoms with Crippen LogP contribution in [0.4, 0.5) is 0 Å². The Morgan fingerprint density at radius 2 is 1.80 bits per heavy atom. The van der Waals surface area contributed by atoms with Gasteiger partial charge in [-0.2, -0.15) is 0 Å². The highest BCUT2D eigenvalue weighted by molar-refractivity contribution is 9.10. The van der Waals surface area contributed by atoms with Crippen LogP contribution in [-0.2, 0) is 16.1 Å². The molecule has 0 saturated heterocycles. The van der Waals surface area contributed by atoms with E-state index in [0.29, 0.717) is 29.8 Å². The maximum Gasteiger partial charge on any atom is 0.261 e. The van der Waals surface area contributed by atoms with Crippen molar-refractivity contribution in [1.29, 1.82) is 0 Å². The molecule has 2 aromatic rings. The van der Waals surface area contributed by atoms with Crippen molar-refractivity contribution in [1.82, 2.24) is 10.2 Å². The second-order valence-electron chi connectivity index (χ2n) is 7.66. The predicted molar refractivity (Wildman–Crippen MR) is 124 cm³/mol. The number of nitrogens with one attached hydrogen (secondary N) is 1. The van der Waals surface area contributed by atoms with E-state index in [4.69, 9.17) is 16.3 Å². The van der Waals surface area contributed by atoms with E-state index < -0.39 is 6.04 Å². The number of carbonyl (C=O) groups excluding carboxylic acids is 2. The Bertz CT molecular complexity index is 871. The summed E-state index contributed by atoms with van der Waals surface area (Å²) in [7, 11) is 0. The number of halogens is 2. The SMILES string of the molecule is Cc1cc(OCC(=O)N(Cc2ccc(Br)cc2)C(C)C(=O)NCC(C)C)ccc1Cl. The maximum absolute atomic E-state index is 13.0. The number of amides is 2. The molecule has 0 saturated carbocycles. The number of rotatable bonds is 9. The first-order valence-electron chi connectivity index (χ1n) is 9.88. The van der Waals surface area contributed by atoms with Crippen molar-refractivity contribution in [2.75, 3.05) is 13.2 Å². The topological polar surface area (TPSA) is 58.6 Å². The minimum Gasteiger partial charge on any atom is -0.484 e. The molecule has 0 fully saturated rings. The van der Waals surface area contributed by atoms with Crippen LogP contribution in [0.3, 0.4) is 0 Å². The van der Waals surface area contributed by atoms with E-state index in [9.17, 15) is 9.59 Å². The molecule has 0 spiro atoms. The molecule has 0 aliphatic carbocycles. The molecule has 162 valence electrons. The number of hydrogen-bond donors (Lipinski definition) is 1. The Morgan fingerprint density at radius 1 is 1.13 bits per heavy atom. The Morgan fingerprint density at radius 3 is 2.40 bits per heavy atom. The summed E-state index contributed by atoms with van der Waals surface area (Å²) in [6.45, 7) is 8.36. The summed E-state index contributed by atoms with van der Waals surface area (Å²) < 4.78 is 6.63. The number of aryl methyl sites for hydroxylation is 1. The van der Waals surface area contributed by atoms with E-state index in [2.05, 4.69) is 21.2 Å². The number of ether oxygens (including phenoxy) is 1. The molecular weight excluding hydrogens is 468 g/mol. The summed E-state index contributed by atoms with van der Waals surface area (Å²) >= 11 is 9.46. The predicted octanol–water partition coefficient (Wildman–Crippen LogP) is 4.98. The lowest BCUT2D eigenvalue weighted by atomic mass is 10.1. The van der Waals surface area contributed by atoms with Crippen molar-refractivity contribution in [3.05, 3.63) is 63.1 Å². The fraction of sp³-hybridized carbons (Fsp3) is 0.391. The van der Waals surface area contributed by atoms with E-state index >= 15 is 0 Å². The molecule has 7 heteroatoms. The summed E-state index contributed by atoms with van der Waals surface area (Å²) in [4.78, 5) is 27.2. The van der Waals surface area contributed by atoms with Crippen molar-refractivity contribution in [2.24, 2.45) is 5.92 Å². The van der Waals surface area contributed by atoms with Crippen molar-refractivity contribution < 1.29 is 14.3 Å². The fourth-order valence-electron chi connectivity index (χ4n) is 2.76. The van der Waals surface area contributed by atoms with Crippen molar-refractivity contribution in [2.45, 2.75) is 40.3 Å². The van der Waals surface area contributed by atoms with Crippen LogP contribution in [0.1, 0.15) is 31.9 Å². The van der Waals surface area contributed by atoms with Crippen LogP contribution in [0.2, 0.25) is 5.02 Å². The van der Waals surface area contributed by atoms with Gasteiger partial charge in [-0.25, -0.2) is 0 Å². The summed E-state index contributed by atoms with van der Waals surface area (Å²) in [5, 5.41) is 3.54. The maximum atomic E-state index is 13.0. The van der Waals surface area contributed by atoms with Crippen molar-refractivity contribution >= 4 is 39.3 Å². The molecule has 2 amide bonds. The molecule has 1 atom stereocenters. The largest absolute Gasteiger partial charge is 0.484 e. The van der Waals surface area contributed by atoms with Gasteiger partial charge in [0.2, 0.25) is 5.91 Å². The van der Waals surface area contributed by atoms with Gasteiger partial charge in [-0.1, -0.05) is 53.5 Å². The Hall–Kier alpha value is -2.05. The molecular formula is C23H28BrClN2O3. The number of hydrogen-bond acceptors (Lipinski definition) is 3. The highest BCUT2D eigenvalue weighted by atomic mass is 79.9. The Kier molecular flexibility index (Phi) is 9.18. The van der Waals surface area contributed by atoms with E-state index in [-0.39, 0.29) is 18.4 Å². The minimum absolute atomic E-state index is 0.167. The zero-order valence-electron chi connectivity index (χ0n) is 17.7. The average molecular weight is 496 g/mol. The first-order chi connectivity index (χ1) is 14.2. The van der Waals surface area contributed by atoms with Crippen LogP contribution in [0.15, 0.2) is 46.9 Å². The first-order valence-corrected chi connectivity index (χ1v) is 11.0. The quantitative estimate of drug-likeness (QED) is 0.534. The van der Waals surface area contributed by atoms with Gasteiger partial charge in [0.15, 0.2) is 6.61 Å². The van der Waals surface area contributed by atoms with Gasteiger partial charge in [-0.3, -0.25) is 9.59 Å². The molecule has 1 unspecified atom stereocenters. The molecule has 0 aliphatic rings. The second kappa shape index (κ2) is 11.4. The van der Waals surface area contributed by atoms with Gasteiger partial charge in [-0.05, 0) is 61.2 Å². The number of nitrogens with zero attached hydrogens (tertiary/aromatic N) is 1.